The summed E-state index contributed by atoms with van der Waals surface area (Å²) >= 11 is 4.68. The van der Waals surface area contributed by atoms with E-state index in [9.17, 15) is 0 Å². The lowest BCUT2D eigenvalue weighted by Crippen LogP contribution is -2.25. The number of nitrogens with one attached hydrogen (secondary N) is 1. The Morgan fingerprint density at radius 3 is 2.60 bits per heavy atom. The first-order valence-corrected chi connectivity index (χ1v) is 5.09. The first-order valence-electron chi connectivity index (χ1n) is 4.68. The van der Waals surface area contributed by atoms with Gasteiger partial charge in [-0.15, -0.1) is 0 Å². The standard InChI is InChI=1S/C11H15N3S/c1-7-4-5-10(8(2)6-7)9(3)13-14-11(12)15/h4-6H,1-3H3,(H3,12,14,15)/b13-9-. The summed E-state index contributed by atoms with van der Waals surface area (Å²) in [5.74, 6) is 0. The molecule has 0 fully saturated rings. The monoisotopic (exact) mass is 221 g/mol. The van der Waals surface area contributed by atoms with Gasteiger partial charge in [0.1, 0.15) is 0 Å². The molecule has 0 heterocycles. The van der Waals surface area contributed by atoms with Crippen LogP contribution in [0.15, 0.2) is 23.3 Å². The van der Waals surface area contributed by atoms with E-state index < -0.39 is 0 Å². The van der Waals surface area contributed by atoms with Gasteiger partial charge in [-0.05, 0) is 38.6 Å². The van der Waals surface area contributed by atoms with Crippen LogP contribution in [0.25, 0.3) is 0 Å². The van der Waals surface area contributed by atoms with Crippen molar-refractivity contribution in [1.29, 1.82) is 0 Å². The van der Waals surface area contributed by atoms with Crippen molar-refractivity contribution in [3.8, 4) is 0 Å². The molecule has 4 heteroatoms. The van der Waals surface area contributed by atoms with Crippen LogP contribution in [-0.4, -0.2) is 10.8 Å². The van der Waals surface area contributed by atoms with Gasteiger partial charge in [0, 0.05) is 5.56 Å². The highest BCUT2D eigenvalue weighted by Crippen LogP contribution is 2.11. The minimum absolute atomic E-state index is 0.180. The lowest BCUT2D eigenvalue weighted by Gasteiger charge is -2.06. The van der Waals surface area contributed by atoms with Gasteiger partial charge >= 0.3 is 0 Å². The Hall–Kier alpha value is -1.42. The van der Waals surface area contributed by atoms with Crippen LogP contribution in [-0.2, 0) is 0 Å². The smallest absolute Gasteiger partial charge is 0.184 e. The van der Waals surface area contributed by atoms with Crippen molar-refractivity contribution in [2.75, 3.05) is 0 Å². The molecule has 0 saturated heterocycles. The number of benzene rings is 1. The molecule has 80 valence electrons. The number of hydrogen-bond donors (Lipinski definition) is 2. The molecule has 3 N–H and O–H groups in total. The van der Waals surface area contributed by atoms with Crippen LogP contribution in [0.1, 0.15) is 23.6 Å². The van der Waals surface area contributed by atoms with Crippen molar-refractivity contribution < 1.29 is 0 Å². The summed E-state index contributed by atoms with van der Waals surface area (Å²) in [6.45, 7) is 6.04. The minimum Gasteiger partial charge on any atom is -0.375 e. The molecule has 0 aliphatic heterocycles. The van der Waals surface area contributed by atoms with Crippen molar-refractivity contribution in [3.63, 3.8) is 0 Å². The van der Waals surface area contributed by atoms with Crippen molar-refractivity contribution in [1.82, 2.24) is 5.43 Å². The van der Waals surface area contributed by atoms with E-state index in [-0.39, 0.29) is 5.11 Å². The van der Waals surface area contributed by atoms with E-state index in [1.807, 2.05) is 13.0 Å². The third-order valence-corrected chi connectivity index (χ3v) is 2.20. The van der Waals surface area contributed by atoms with Crippen molar-refractivity contribution >= 4 is 23.0 Å². The molecule has 0 saturated carbocycles. The summed E-state index contributed by atoms with van der Waals surface area (Å²) in [5, 5.41) is 4.26. The van der Waals surface area contributed by atoms with E-state index >= 15 is 0 Å². The highest BCUT2D eigenvalue weighted by Gasteiger charge is 2.01. The lowest BCUT2D eigenvalue weighted by atomic mass is 10.0. The van der Waals surface area contributed by atoms with E-state index in [2.05, 4.69) is 48.7 Å². The Morgan fingerprint density at radius 1 is 1.40 bits per heavy atom. The first kappa shape index (κ1) is 11.7. The van der Waals surface area contributed by atoms with Crippen LogP contribution in [0.3, 0.4) is 0 Å². The first-order chi connectivity index (χ1) is 7.00. The van der Waals surface area contributed by atoms with E-state index in [0.717, 1.165) is 11.3 Å². The zero-order valence-corrected chi connectivity index (χ0v) is 9.98. The van der Waals surface area contributed by atoms with Crippen molar-refractivity contribution in [2.24, 2.45) is 10.8 Å². The summed E-state index contributed by atoms with van der Waals surface area (Å²) < 4.78 is 0. The predicted octanol–water partition coefficient (Wildman–Crippen LogP) is 1.86. The zero-order chi connectivity index (χ0) is 11.4. The molecule has 0 radical (unpaired) electrons. The molecule has 0 aliphatic rings. The van der Waals surface area contributed by atoms with Gasteiger partial charge in [-0.3, -0.25) is 5.43 Å². The van der Waals surface area contributed by atoms with Crippen LogP contribution in [0.5, 0.6) is 0 Å². The Balaban J connectivity index is 2.95. The molecular formula is C11H15N3S. The van der Waals surface area contributed by atoms with Crippen LogP contribution in [0, 0.1) is 13.8 Å². The molecule has 0 aromatic heterocycles. The van der Waals surface area contributed by atoms with Gasteiger partial charge in [0.15, 0.2) is 5.11 Å². The number of nitrogens with zero attached hydrogens (tertiary/aromatic N) is 1. The predicted molar refractivity (Wildman–Crippen MR) is 68.0 cm³/mol. The van der Waals surface area contributed by atoms with Gasteiger partial charge in [0.25, 0.3) is 0 Å². The molecule has 1 aromatic carbocycles. The second-order valence-electron chi connectivity index (χ2n) is 3.49. The van der Waals surface area contributed by atoms with Gasteiger partial charge in [-0.2, -0.15) is 5.10 Å². The quantitative estimate of drug-likeness (QED) is 0.455. The number of nitrogens with two attached hydrogens (primary N) is 1. The van der Waals surface area contributed by atoms with Gasteiger partial charge in [-0.1, -0.05) is 23.8 Å². The topological polar surface area (TPSA) is 50.4 Å². The van der Waals surface area contributed by atoms with Gasteiger partial charge in [0.05, 0.1) is 5.71 Å². The number of thiocarbonyl (C=S) groups is 1. The van der Waals surface area contributed by atoms with E-state index in [1.165, 1.54) is 11.1 Å². The van der Waals surface area contributed by atoms with Crippen molar-refractivity contribution in [2.45, 2.75) is 20.8 Å². The summed E-state index contributed by atoms with van der Waals surface area (Å²) in [4.78, 5) is 0. The summed E-state index contributed by atoms with van der Waals surface area (Å²) in [6.07, 6.45) is 0. The molecule has 0 aliphatic carbocycles. The number of hydrogen-bond acceptors (Lipinski definition) is 2. The molecular weight excluding hydrogens is 206 g/mol. The third kappa shape index (κ3) is 3.32. The summed E-state index contributed by atoms with van der Waals surface area (Å²) in [6, 6.07) is 6.22. The molecule has 0 amide bonds. The number of rotatable bonds is 2. The fourth-order valence-electron chi connectivity index (χ4n) is 1.42. The second kappa shape index (κ2) is 4.89. The van der Waals surface area contributed by atoms with E-state index in [4.69, 9.17) is 5.73 Å². The summed E-state index contributed by atoms with van der Waals surface area (Å²) in [7, 11) is 0. The maximum atomic E-state index is 5.29. The fraction of sp³-hybridized carbons (Fsp3) is 0.273. The largest absolute Gasteiger partial charge is 0.375 e. The van der Waals surface area contributed by atoms with Crippen LogP contribution < -0.4 is 11.2 Å². The Labute approximate surface area is 95.4 Å². The molecule has 15 heavy (non-hydrogen) atoms. The zero-order valence-electron chi connectivity index (χ0n) is 9.16. The number of aryl methyl sites for hydroxylation is 2. The van der Waals surface area contributed by atoms with Crippen LogP contribution in [0.4, 0.5) is 0 Å². The normalized spacial score (nSPS) is 11.3. The van der Waals surface area contributed by atoms with Gasteiger partial charge in [0.2, 0.25) is 0 Å². The molecule has 0 bridgehead atoms. The Bertz CT molecular complexity index is 410. The Morgan fingerprint density at radius 2 is 2.07 bits per heavy atom. The van der Waals surface area contributed by atoms with E-state index in [0.29, 0.717) is 0 Å². The minimum atomic E-state index is 0.180. The van der Waals surface area contributed by atoms with Gasteiger partial charge < -0.3 is 5.73 Å². The average molecular weight is 221 g/mol. The van der Waals surface area contributed by atoms with Crippen LogP contribution in [0.2, 0.25) is 0 Å². The number of hydrazone groups is 1. The second-order valence-corrected chi connectivity index (χ2v) is 3.93. The lowest BCUT2D eigenvalue weighted by molar-refractivity contribution is 1.03. The SMILES string of the molecule is C/C(=N/NC(N)=S)c1ccc(C)cc1C. The summed E-state index contributed by atoms with van der Waals surface area (Å²) in [5.41, 5.74) is 12.3. The van der Waals surface area contributed by atoms with Crippen LogP contribution >= 0.6 is 12.2 Å². The Kier molecular flexibility index (Phi) is 3.80. The molecule has 1 aromatic rings. The molecule has 1 rings (SSSR count). The highest BCUT2D eigenvalue weighted by molar-refractivity contribution is 7.80. The molecule has 0 atom stereocenters. The van der Waals surface area contributed by atoms with Gasteiger partial charge in [-0.25, -0.2) is 0 Å². The molecule has 3 nitrogen and oxygen atoms in total. The highest BCUT2D eigenvalue weighted by atomic mass is 32.1. The van der Waals surface area contributed by atoms with Crippen molar-refractivity contribution in [3.05, 3.63) is 34.9 Å². The maximum Gasteiger partial charge on any atom is 0.184 e. The van der Waals surface area contributed by atoms with E-state index in [1.54, 1.807) is 0 Å². The third-order valence-electron chi connectivity index (χ3n) is 2.11. The maximum absolute atomic E-state index is 5.29. The molecule has 0 unspecified atom stereocenters. The molecule has 0 spiro atoms. The average Bonchev–Trinajstić information content (AvgIpc) is 2.14. The fourth-order valence-corrected chi connectivity index (χ4v) is 1.46.